The van der Waals surface area contributed by atoms with E-state index in [0.29, 0.717) is 6.04 Å². The van der Waals surface area contributed by atoms with E-state index in [1.165, 1.54) is 23.2 Å². The third kappa shape index (κ3) is 2.89. The summed E-state index contributed by atoms with van der Waals surface area (Å²) < 4.78 is 5.70. The van der Waals surface area contributed by atoms with E-state index in [-0.39, 0.29) is 6.17 Å². The molecule has 128 valence electrons. The Hall–Kier alpha value is -2.00. The molecule has 0 aliphatic carbocycles. The first kappa shape index (κ1) is 16.8. The van der Waals surface area contributed by atoms with Gasteiger partial charge >= 0.3 is 0 Å². The third-order valence-electron chi connectivity index (χ3n) is 5.38. The summed E-state index contributed by atoms with van der Waals surface area (Å²) in [4.78, 5) is 4.14. The van der Waals surface area contributed by atoms with Crippen LogP contribution in [-0.2, 0) is 6.54 Å². The zero-order chi connectivity index (χ0) is 17.1. The van der Waals surface area contributed by atoms with Crippen LogP contribution in [0.3, 0.4) is 0 Å². The van der Waals surface area contributed by atoms with Crippen LogP contribution in [0.15, 0.2) is 48.5 Å². The molecule has 0 aromatic heterocycles. The van der Waals surface area contributed by atoms with Gasteiger partial charge in [-0.3, -0.25) is 0 Å². The molecule has 0 saturated carbocycles. The normalized spacial score (nSPS) is 21.2. The van der Waals surface area contributed by atoms with E-state index in [1.807, 2.05) is 0 Å². The van der Waals surface area contributed by atoms with Crippen molar-refractivity contribution in [3.8, 4) is 5.75 Å². The SMILES string of the molecule is CCC(C)[NH+]1Cc2ccccc2N(CC)C1c1ccccc1OC. The fourth-order valence-corrected chi connectivity index (χ4v) is 3.92. The van der Waals surface area contributed by atoms with Gasteiger partial charge in [-0.25, -0.2) is 0 Å². The zero-order valence-electron chi connectivity index (χ0n) is 15.3. The molecule has 0 fully saturated rings. The molecule has 1 N–H and O–H groups in total. The average molecular weight is 325 g/mol. The molecular formula is C21H29N2O+. The van der Waals surface area contributed by atoms with Crippen LogP contribution in [0.5, 0.6) is 5.75 Å². The molecule has 24 heavy (non-hydrogen) atoms. The Morgan fingerprint density at radius 2 is 1.83 bits per heavy atom. The number of quaternary nitrogens is 1. The van der Waals surface area contributed by atoms with E-state index in [9.17, 15) is 0 Å². The van der Waals surface area contributed by atoms with E-state index in [2.05, 4.69) is 74.2 Å². The highest BCUT2D eigenvalue weighted by atomic mass is 16.5. The summed E-state index contributed by atoms with van der Waals surface area (Å²) in [5, 5.41) is 0. The number of para-hydroxylation sites is 2. The summed E-state index contributed by atoms with van der Waals surface area (Å²) in [6.45, 7) is 8.94. The number of benzene rings is 2. The minimum atomic E-state index is 0.288. The molecule has 1 heterocycles. The van der Waals surface area contributed by atoms with Crippen LogP contribution in [0.1, 0.15) is 44.5 Å². The zero-order valence-corrected chi connectivity index (χ0v) is 15.3. The second kappa shape index (κ2) is 7.27. The van der Waals surface area contributed by atoms with Gasteiger partial charge in [0.25, 0.3) is 0 Å². The van der Waals surface area contributed by atoms with Crippen molar-refractivity contribution in [2.24, 2.45) is 0 Å². The van der Waals surface area contributed by atoms with Crippen LogP contribution in [0.4, 0.5) is 5.69 Å². The van der Waals surface area contributed by atoms with Gasteiger partial charge < -0.3 is 14.5 Å². The number of ether oxygens (including phenoxy) is 1. The van der Waals surface area contributed by atoms with Gasteiger partial charge in [0.05, 0.1) is 24.4 Å². The molecule has 1 aliphatic rings. The van der Waals surface area contributed by atoms with Gasteiger partial charge in [-0.1, -0.05) is 37.3 Å². The first-order valence-electron chi connectivity index (χ1n) is 9.04. The lowest BCUT2D eigenvalue weighted by molar-refractivity contribution is -0.968. The van der Waals surface area contributed by atoms with Crippen molar-refractivity contribution < 1.29 is 9.64 Å². The lowest BCUT2D eigenvalue weighted by Crippen LogP contribution is -3.16. The van der Waals surface area contributed by atoms with Gasteiger partial charge in [0.15, 0.2) is 6.17 Å². The van der Waals surface area contributed by atoms with Crippen LogP contribution in [0.25, 0.3) is 0 Å². The second-order valence-corrected chi connectivity index (χ2v) is 6.62. The van der Waals surface area contributed by atoms with Crippen molar-refractivity contribution in [1.29, 1.82) is 0 Å². The Kier molecular flexibility index (Phi) is 5.10. The first-order chi connectivity index (χ1) is 11.7. The molecule has 3 rings (SSSR count). The summed E-state index contributed by atoms with van der Waals surface area (Å²) in [6.07, 6.45) is 1.46. The molecule has 2 aromatic rings. The summed E-state index contributed by atoms with van der Waals surface area (Å²) in [5.41, 5.74) is 4.09. The summed E-state index contributed by atoms with van der Waals surface area (Å²) >= 11 is 0. The van der Waals surface area contributed by atoms with Crippen molar-refractivity contribution in [2.75, 3.05) is 18.6 Å². The predicted molar refractivity (Wildman–Crippen MR) is 99.6 cm³/mol. The number of fused-ring (bicyclic) bond motifs is 1. The average Bonchev–Trinajstić information content (AvgIpc) is 2.65. The van der Waals surface area contributed by atoms with Crippen LogP contribution in [0, 0.1) is 0 Å². The highest BCUT2D eigenvalue weighted by Crippen LogP contribution is 2.34. The molecule has 0 amide bonds. The molecule has 0 saturated heterocycles. The highest BCUT2D eigenvalue weighted by Gasteiger charge is 2.39. The van der Waals surface area contributed by atoms with E-state index in [4.69, 9.17) is 4.74 Å². The van der Waals surface area contributed by atoms with E-state index >= 15 is 0 Å². The van der Waals surface area contributed by atoms with Gasteiger partial charge in [0.1, 0.15) is 12.3 Å². The Morgan fingerprint density at radius 1 is 1.12 bits per heavy atom. The van der Waals surface area contributed by atoms with E-state index < -0.39 is 0 Å². The minimum Gasteiger partial charge on any atom is -0.496 e. The van der Waals surface area contributed by atoms with Crippen molar-refractivity contribution in [3.63, 3.8) is 0 Å². The maximum Gasteiger partial charge on any atom is 0.193 e. The first-order valence-corrected chi connectivity index (χ1v) is 9.04. The molecule has 0 spiro atoms. The smallest absolute Gasteiger partial charge is 0.193 e. The van der Waals surface area contributed by atoms with Gasteiger partial charge in [-0.2, -0.15) is 0 Å². The second-order valence-electron chi connectivity index (χ2n) is 6.62. The molecular weight excluding hydrogens is 296 g/mol. The van der Waals surface area contributed by atoms with Crippen molar-refractivity contribution in [2.45, 2.75) is 45.9 Å². The van der Waals surface area contributed by atoms with Crippen molar-refractivity contribution >= 4 is 5.69 Å². The Morgan fingerprint density at radius 3 is 2.54 bits per heavy atom. The lowest BCUT2D eigenvalue weighted by atomic mass is 9.99. The number of nitrogens with zero attached hydrogens (tertiary/aromatic N) is 1. The van der Waals surface area contributed by atoms with E-state index in [0.717, 1.165) is 18.8 Å². The number of rotatable bonds is 5. The number of methoxy groups -OCH3 is 1. The molecule has 0 bridgehead atoms. The summed E-state index contributed by atoms with van der Waals surface area (Å²) in [7, 11) is 1.77. The minimum absolute atomic E-state index is 0.288. The fraction of sp³-hybridized carbons (Fsp3) is 0.429. The van der Waals surface area contributed by atoms with Gasteiger partial charge in [0.2, 0.25) is 0 Å². The predicted octanol–water partition coefficient (Wildman–Crippen LogP) is 3.42. The van der Waals surface area contributed by atoms with Gasteiger partial charge in [0, 0.05) is 12.1 Å². The molecule has 3 heteroatoms. The molecule has 3 unspecified atom stereocenters. The topological polar surface area (TPSA) is 16.9 Å². The molecule has 3 atom stereocenters. The van der Waals surface area contributed by atoms with Crippen LogP contribution in [-0.4, -0.2) is 19.7 Å². The summed E-state index contributed by atoms with van der Waals surface area (Å²) in [6, 6.07) is 17.9. The number of hydrogen-bond acceptors (Lipinski definition) is 2. The van der Waals surface area contributed by atoms with Crippen molar-refractivity contribution in [1.82, 2.24) is 0 Å². The summed E-state index contributed by atoms with van der Waals surface area (Å²) in [5.74, 6) is 0.987. The Labute approximate surface area is 145 Å². The van der Waals surface area contributed by atoms with Crippen LogP contribution >= 0.6 is 0 Å². The molecule has 0 radical (unpaired) electrons. The molecule has 2 aromatic carbocycles. The van der Waals surface area contributed by atoms with Crippen molar-refractivity contribution in [3.05, 3.63) is 59.7 Å². The molecule has 1 aliphatic heterocycles. The van der Waals surface area contributed by atoms with E-state index in [1.54, 1.807) is 12.0 Å². The maximum atomic E-state index is 5.70. The largest absolute Gasteiger partial charge is 0.496 e. The standard InChI is InChI=1S/C21H28N2O/c1-5-16(3)23-15-17-11-7-9-13-19(17)22(6-2)21(23)18-12-8-10-14-20(18)24-4/h7-14,16,21H,5-6,15H2,1-4H3/p+1. The number of nitrogens with one attached hydrogen (secondary N) is 1. The monoisotopic (exact) mass is 325 g/mol. The maximum absolute atomic E-state index is 5.70. The van der Waals surface area contributed by atoms with Gasteiger partial charge in [-0.05, 0) is 38.5 Å². The number of anilines is 1. The quantitative estimate of drug-likeness (QED) is 0.907. The fourth-order valence-electron chi connectivity index (χ4n) is 3.92. The lowest BCUT2D eigenvalue weighted by Gasteiger charge is -2.45. The Balaban J connectivity index is 2.14. The van der Waals surface area contributed by atoms with Crippen LogP contribution in [0.2, 0.25) is 0 Å². The third-order valence-corrected chi connectivity index (χ3v) is 5.38. The number of hydrogen-bond donors (Lipinski definition) is 1. The highest BCUT2D eigenvalue weighted by molar-refractivity contribution is 5.56. The Bertz CT molecular complexity index is 685. The van der Waals surface area contributed by atoms with Gasteiger partial charge in [-0.15, -0.1) is 0 Å². The molecule has 3 nitrogen and oxygen atoms in total. The van der Waals surface area contributed by atoms with Crippen LogP contribution < -0.4 is 14.5 Å².